The van der Waals surface area contributed by atoms with E-state index in [-0.39, 0.29) is 0 Å². The van der Waals surface area contributed by atoms with Crippen LogP contribution in [0.25, 0.3) is 0 Å². The fourth-order valence-electron chi connectivity index (χ4n) is 2.29. The standard InChI is InChI=1S/C15H23N3S/c1-10(2)14-9-18(17-12(14)4)7-6-11(3)15-8-16-13(5)19-15/h8-11H,6-7H2,1-5H3. The van der Waals surface area contributed by atoms with Crippen molar-refractivity contribution < 1.29 is 0 Å². The zero-order valence-corrected chi connectivity index (χ0v) is 13.3. The molecule has 0 saturated heterocycles. The summed E-state index contributed by atoms with van der Waals surface area (Å²) in [6.07, 6.45) is 5.32. The first-order chi connectivity index (χ1) is 8.97. The van der Waals surface area contributed by atoms with Crippen LogP contribution in [-0.4, -0.2) is 14.8 Å². The van der Waals surface area contributed by atoms with Crippen LogP contribution in [0, 0.1) is 13.8 Å². The molecule has 0 N–H and O–H groups in total. The highest BCUT2D eigenvalue weighted by Crippen LogP contribution is 2.25. The Labute approximate surface area is 119 Å². The van der Waals surface area contributed by atoms with Crippen molar-refractivity contribution in [2.45, 2.75) is 59.4 Å². The highest BCUT2D eigenvalue weighted by molar-refractivity contribution is 7.11. The van der Waals surface area contributed by atoms with E-state index in [2.05, 4.69) is 55.6 Å². The molecule has 0 radical (unpaired) electrons. The monoisotopic (exact) mass is 277 g/mol. The molecule has 2 heterocycles. The SMILES string of the molecule is Cc1ncc(C(C)CCn2cc(C(C)C)c(C)n2)s1. The van der Waals surface area contributed by atoms with Gasteiger partial charge in [-0.2, -0.15) is 5.10 Å². The summed E-state index contributed by atoms with van der Waals surface area (Å²) in [6, 6.07) is 0. The van der Waals surface area contributed by atoms with Crippen molar-refractivity contribution in [1.82, 2.24) is 14.8 Å². The molecule has 0 aromatic carbocycles. The Morgan fingerprint density at radius 3 is 2.53 bits per heavy atom. The third-order valence-electron chi connectivity index (χ3n) is 3.52. The fraction of sp³-hybridized carbons (Fsp3) is 0.600. The van der Waals surface area contributed by atoms with E-state index in [1.165, 1.54) is 10.4 Å². The Morgan fingerprint density at radius 1 is 1.26 bits per heavy atom. The summed E-state index contributed by atoms with van der Waals surface area (Å²) < 4.78 is 2.09. The van der Waals surface area contributed by atoms with Crippen molar-refractivity contribution in [2.75, 3.05) is 0 Å². The third-order valence-corrected chi connectivity index (χ3v) is 4.67. The van der Waals surface area contributed by atoms with E-state index in [1.807, 2.05) is 6.20 Å². The van der Waals surface area contributed by atoms with Crippen molar-refractivity contribution in [2.24, 2.45) is 0 Å². The second-order valence-corrected chi connectivity index (χ2v) is 6.83. The van der Waals surface area contributed by atoms with Crippen LogP contribution in [0.1, 0.15) is 60.2 Å². The van der Waals surface area contributed by atoms with Crippen LogP contribution in [0.4, 0.5) is 0 Å². The van der Waals surface area contributed by atoms with Crippen molar-refractivity contribution in [3.8, 4) is 0 Å². The Bertz CT molecular complexity index is 539. The van der Waals surface area contributed by atoms with Crippen LogP contribution in [-0.2, 0) is 6.54 Å². The van der Waals surface area contributed by atoms with E-state index < -0.39 is 0 Å². The highest BCUT2D eigenvalue weighted by Gasteiger charge is 2.11. The van der Waals surface area contributed by atoms with Gasteiger partial charge in [-0.05, 0) is 37.7 Å². The summed E-state index contributed by atoms with van der Waals surface area (Å²) in [6.45, 7) is 11.8. The molecule has 104 valence electrons. The molecule has 2 aromatic rings. The second-order valence-electron chi connectivity index (χ2n) is 5.56. The van der Waals surface area contributed by atoms with Gasteiger partial charge in [0.05, 0.1) is 10.7 Å². The summed E-state index contributed by atoms with van der Waals surface area (Å²) in [4.78, 5) is 5.71. The lowest BCUT2D eigenvalue weighted by Gasteiger charge is -2.08. The molecule has 2 rings (SSSR count). The molecule has 3 nitrogen and oxygen atoms in total. The fourth-order valence-corrected chi connectivity index (χ4v) is 3.16. The lowest BCUT2D eigenvalue weighted by Crippen LogP contribution is -2.02. The molecule has 0 saturated carbocycles. The third kappa shape index (κ3) is 3.44. The topological polar surface area (TPSA) is 30.7 Å². The normalized spacial score (nSPS) is 13.2. The molecular formula is C15H23N3S. The summed E-state index contributed by atoms with van der Waals surface area (Å²) in [5.41, 5.74) is 2.53. The van der Waals surface area contributed by atoms with E-state index in [0.717, 1.165) is 23.7 Å². The molecule has 1 unspecified atom stereocenters. The van der Waals surface area contributed by atoms with Gasteiger partial charge in [0.1, 0.15) is 0 Å². The van der Waals surface area contributed by atoms with Crippen LogP contribution in [0.15, 0.2) is 12.4 Å². The maximum atomic E-state index is 4.61. The molecule has 19 heavy (non-hydrogen) atoms. The van der Waals surface area contributed by atoms with Crippen molar-refractivity contribution >= 4 is 11.3 Å². The molecule has 0 fully saturated rings. The average Bonchev–Trinajstić information content (AvgIpc) is 2.92. The Hall–Kier alpha value is -1.16. The molecule has 0 aliphatic rings. The number of aromatic nitrogens is 3. The van der Waals surface area contributed by atoms with Gasteiger partial charge in [-0.1, -0.05) is 20.8 Å². The van der Waals surface area contributed by atoms with Gasteiger partial charge in [0.25, 0.3) is 0 Å². The van der Waals surface area contributed by atoms with Gasteiger partial charge >= 0.3 is 0 Å². The number of nitrogens with zero attached hydrogens (tertiary/aromatic N) is 3. The highest BCUT2D eigenvalue weighted by atomic mass is 32.1. The maximum Gasteiger partial charge on any atom is 0.0896 e. The Kier molecular flexibility index (Phi) is 4.40. The minimum absolute atomic E-state index is 0.551. The second kappa shape index (κ2) is 5.87. The zero-order valence-electron chi connectivity index (χ0n) is 12.5. The molecule has 2 aromatic heterocycles. The van der Waals surface area contributed by atoms with E-state index in [9.17, 15) is 0 Å². The first-order valence-electron chi connectivity index (χ1n) is 6.93. The molecule has 0 spiro atoms. The van der Waals surface area contributed by atoms with Gasteiger partial charge in [0.15, 0.2) is 0 Å². The van der Waals surface area contributed by atoms with E-state index in [1.54, 1.807) is 11.3 Å². The van der Waals surface area contributed by atoms with Gasteiger partial charge in [-0.15, -0.1) is 11.3 Å². The summed E-state index contributed by atoms with van der Waals surface area (Å²) in [5.74, 6) is 1.11. The maximum absolute atomic E-state index is 4.61. The number of hydrogen-bond donors (Lipinski definition) is 0. The quantitative estimate of drug-likeness (QED) is 0.817. The van der Waals surface area contributed by atoms with Gasteiger partial charge in [0, 0.05) is 23.8 Å². The van der Waals surface area contributed by atoms with Crippen LogP contribution < -0.4 is 0 Å². The summed E-state index contributed by atoms with van der Waals surface area (Å²) >= 11 is 1.80. The molecule has 0 amide bonds. The first-order valence-corrected chi connectivity index (χ1v) is 7.75. The van der Waals surface area contributed by atoms with Gasteiger partial charge in [0.2, 0.25) is 0 Å². The number of hydrogen-bond acceptors (Lipinski definition) is 3. The summed E-state index contributed by atoms with van der Waals surface area (Å²) in [5, 5.41) is 5.76. The van der Waals surface area contributed by atoms with E-state index in [4.69, 9.17) is 0 Å². The van der Waals surface area contributed by atoms with Gasteiger partial charge in [-0.25, -0.2) is 4.98 Å². The van der Waals surface area contributed by atoms with E-state index >= 15 is 0 Å². The van der Waals surface area contributed by atoms with Crippen molar-refractivity contribution in [3.05, 3.63) is 33.5 Å². The molecule has 0 aliphatic carbocycles. The largest absolute Gasteiger partial charge is 0.272 e. The molecule has 4 heteroatoms. The molecule has 0 aliphatic heterocycles. The lowest BCUT2D eigenvalue weighted by atomic mass is 10.1. The number of rotatable bonds is 5. The van der Waals surface area contributed by atoms with Crippen LogP contribution in [0.5, 0.6) is 0 Å². The minimum Gasteiger partial charge on any atom is -0.272 e. The Morgan fingerprint density at radius 2 is 2.00 bits per heavy atom. The number of thiazole rings is 1. The van der Waals surface area contributed by atoms with Crippen LogP contribution in [0.3, 0.4) is 0 Å². The summed E-state index contributed by atoms with van der Waals surface area (Å²) in [7, 11) is 0. The van der Waals surface area contributed by atoms with Crippen molar-refractivity contribution in [3.63, 3.8) is 0 Å². The van der Waals surface area contributed by atoms with Gasteiger partial charge in [-0.3, -0.25) is 4.68 Å². The molecular weight excluding hydrogens is 254 g/mol. The van der Waals surface area contributed by atoms with Crippen LogP contribution >= 0.6 is 11.3 Å². The zero-order chi connectivity index (χ0) is 14.0. The minimum atomic E-state index is 0.551. The Balaban J connectivity index is 1.97. The van der Waals surface area contributed by atoms with Crippen LogP contribution in [0.2, 0.25) is 0 Å². The predicted molar refractivity (Wildman–Crippen MR) is 80.9 cm³/mol. The van der Waals surface area contributed by atoms with E-state index in [0.29, 0.717) is 11.8 Å². The molecule has 0 bridgehead atoms. The predicted octanol–water partition coefficient (Wildman–Crippen LogP) is 4.27. The van der Waals surface area contributed by atoms with Crippen molar-refractivity contribution in [1.29, 1.82) is 0 Å². The number of aryl methyl sites for hydroxylation is 3. The first kappa shape index (κ1) is 14.3. The van der Waals surface area contributed by atoms with Gasteiger partial charge < -0.3 is 0 Å². The average molecular weight is 277 g/mol. The molecule has 1 atom stereocenters. The smallest absolute Gasteiger partial charge is 0.0896 e. The lowest BCUT2D eigenvalue weighted by molar-refractivity contribution is 0.534.